The number of rotatable bonds is 4. The third kappa shape index (κ3) is 3.96. The summed E-state index contributed by atoms with van der Waals surface area (Å²) in [4.78, 5) is 27.7. The van der Waals surface area contributed by atoms with Crippen LogP contribution in [0.3, 0.4) is 0 Å². The molecule has 160 valence electrons. The molecule has 4 rings (SSSR count). The molecule has 1 aromatic heterocycles. The lowest BCUT2D eigenvalue weighted by Crippen LogP contribution is -2.57. The van der Waals surface area contributed by atoms with Crippen molar-refractivity contribution in [2.45, 2.75) is 50.9 Å². The van der Waals surface area contributed by atoms with E-state index in [0.29, 0.717) is 30.6 Å². The van der Waals surface area contributed by atoms with E-state index in [9.17, 15) is 18.4 Å². The highest BCUT2D eigenvalue weighted by atomic mass is 19.1. The summed E-state index contributed by atoms with van der Waals surface area (Å²) in [5, 5.41) is 2.76. The second kappa shape index (κ2) is 8.18. The lowest BCUT2D eigenvalue weighted by atomic mass is 9.83. The van der Waals surface area contributed by atoms with Gasteiger partial charge in [0.2, 0.25) is 5.91 Å². The molecule has 0 bridgehead atoms. The molecule has 2 fully saturated rings. The van der Waals surface area contributed by atoms with Crippen LogP contribution in [0.15, 0.2) is 41.0 Å². The van der Waals surface area contributed by atoms with Crippen molar-refractivity contribution in [2.75, 3.05) is 6.61 Å². The number of benzene rings is 1. The standard InChI is InChI=1S/C22H24F2N2O4/c1-14-4-2-6-22(11-14)26(21(28)15-8-16(23)10-17(24)9-15)19(13-30-22)20(27)25-12-18-5-3-7-29-18/h3,5,7-10,14,19H,2,4,6,11-13H2,1H3,(H,25,27)/t14-,19+,22+/m1/s1. The zero-order chi connectivity index (χ0) is 21.3. The quantitative estimate of drug-likeness (QED) is 0.823. The maximum Gasteiger partial charge on any atom is 0.257 e. The summed E-state index contributed by atoms with van der Waals surface area (Å²) < 4.78 is 38.8. The third-order valence-electron chi connectivity index (χ3n) is 5.84. The highest BCUT2D eigenvalue weighted by Gasteiger charge is 2.54. The van der Waals surface area contributed by atoms with Gasteiger partial charge in [-0.05, 0) is 49.4 Å². The summed E-state index contributed by atoms with van der Waals surface area (Å²) >= 11 is 0. The highest BCUT2D eigenvalue weighted by molar-refractivity contribution is 5.98. The number of carbonyl (C=O) groups is 2. The first-order valence-electron chi connectivity index (χ1n) is 10.1. The van der Waals surface area contributed by atoms with Gasteiger partial charge < -0.3 is 14.5 Å². The van der Waals surface area contributed by atoms with Gasteiger partial charge in [-0.3, -0.25) is 14.5 Å². The molecule has 0 radical (unpaired) electrons. The van der Waals surface area contributed by atoms with Crippen LogP contribution in [0.2, 0.25) is 0 Å². The smallest absolute Gasteiger partial charge is 0.257 e. The molecule has 1 aliphatic carbocycles. The van der Waals surface area contributed by atoms with Crippen molar-refractivity contribution in [3.05, 3.63) is 59.6 Å². The number of ether oxygens (including phenoxy) is 1. The molecule has 8 heteroatoms. The van der Waals surface area contributed by atoms with Crippen molar-refractivity contribution in [1.29, 1.82) is 0 Å². The molecular weight excluding hydrogens is 394 g/mol. The largest absolute Gasteiger partial charge is 0.467 e. The summed E-state index contributed by atoms with van der Waals surface area (Å²) in [7, 11) is 0. The number of nitrogens with zero attached hydrogens (tertiary/aromatic N) is 1. The van der Waals surface area contributed by atoms with E-state index in [0.717, 1.165) is 25.0 Å². The summed E-state index contributed by atoms with van der Waals surface area (Å²) in [6, 6.07) is 5.23. The molecule has 1 spiro atoms. The van der Waals surface area contributed by atoms with Gasteiger partial charge in [-0.1, -0.05) is 13.3 Å². The van der Waals surface area contributed by atoms with Gasteiger partial charge in [-0.2, -0.15) is 0 Å². The van der Waals surface area contributed by atoms with Crippen LogP contribution in [0.4, 0.5) is 8.78 Å². The van der Waals surface area contributed by atoms with E-state index in [4.69, 9.17) is 9.15 Å². The van der Waals surface area contributed by atoms with Gasteiger partial charge in [0.15, 0.2) is 0 Å². The van der Waals surface area contributed by atoms with Crippen molar-refractivity contribution < 1.29 is 27.5 Å². The number of carbonyl (C=O) groups excluding carboxylic acids is 2. The fraction of sp³-hybridized carbons (Fsp3) is 0.455. The fourth-order valence-electron chi connectivity index (χ4n) is 4.53. The molecular formula is C22H24F2N2O4. The predicted octanol–water partition coefficient (Wildman–Crippen LogP) is 3.62. The van der Waals surface area contributed by atoms with E-state index >= 15 is 0 Å². The minimum atomic E-state index is -0.954. The summed E-state index contributed by atoms with van der Waals surface area (Å²) in [6.07, 6.45) is 4.48. The number of hydrogen-bond acceptors (Lipinski definition) is 4. The summed E-state index contributed by atoms with van der Waals surface area (Å²) in [6.45, 7) is 2.27. The molecule has 1 N–H and O–H groups in total. The van der Waals surface area contributed by atoms with E-state index in [-0.39, 0.29) is 18.7 Å². The monoisotopic (exact) mass is 418 g/mol. The average Bonchev–Trinajstić information content (AvgIpc) is 3.33. The van der Waals surface area contributed by atoms with Crippen molar-refractivity contribution in [3.63, 3.8) is 0 Å². The molecule has 2 heterocycles. The van der Waals surface area contributed by atoms with Gasteiger partial charge in [0.25, 0.3) is 5.91 Å². The molecule has 1 saturated carbocycles. The molecule has 1 aromatic carbocycles. The van der Waals surface area contributed by atoms with E-state index < -0.39 is 35.2 Å². The minimum absolute atomic E-state index is 0.0280. The van der Waals surface area contributed by atoms with Crippen LogP contribution in [0, 0.1) is 17.6 Å². The molecule has 30 heavy (non-hydrogen) atoms. The Balaban J connectivity index is 1.63. The summed E-state index contributed by atoms with van der Waals surface area (Å²) in [5.41, 5.74) is -1.09. The van der Waals surface area contributed by atoms with Crippen LogP contribution in [0.1, 0.15) is 48.7 Å². The predicted molar refractivity (Wildman–Crippen MR) is 103 cm³/mol. The van der Waals surface area contributed by atoms with Gasteiger partial charge in [0.1, 0.15) is 29.2 Å². The Bertz CT molecular complexity index is 913. The average molecular weight is 418 g/mol. The van der Waals surface area contributed by atoms with Gasteiger partial charge in [-0.15, -0.1) is 0 Å². The Morgan fingerprint density at radius 3 is 2.70 bits per heavy atom. The Hall–Kier alpha value is -2.74. The first kappa shape index (κ1) is 20.5. The van der Waals surface area contributed by atoms with Crippen LogP contribution >= 0.6 is 0 Å². The first-order valence-corrected chi connectivity index (χ1v) is 10.1. The second-order valence-electron chi connectivity index (χ2n) is 8.10. The number of halogens is 2. The molecule has 3 atom stereocenters. The zero-order valence-electron chi connectivity index (χ0n) is 16.7. The van der Waals surface area contributed by atoms with Gasteiger partial charge in [0.05, 0.1) is 19.4 Å². The molecule has 2 aliphatic rings. The number of amides is 2. The lowest BCUT2D eigenvalue weighted by molar-refractivity contribution is -0.128. The normalized spacial score (nSPS) is 26.2. The van der Waals surface area contributed by atoms with Crippen LogP contribution < -0.4 is 5.32 Å². The van der Waals surface area contributed by atoms with Crippen LogP contribution in [0.5, 0.6) is 0 Å². The third-order valence-corrected chi connectivity index (χ3v) is 5.84. The van der Waals surface area contributed by atoms with Crippen molar-refractivity contribution in [3.8, 4) is 0 Å². The van der Waals surface area contributed by atoms with Crippen molar-refractivity contribution >= 4 is 11.8 Å². The lowest BCUT2D eigenvalue weighted by Gasteiger charge is -2.43. The van der Waals surface area contributed by atoms with E-state index in [1.165, 1.54) is 11.2 Å². The molecule has 0 unspecified atom stereocenters. The van der Waals surface area contributed by atoms with E-state index in [1.54, 1.807) is 12.1 Å². The molecule has 6 nitrogen and oxygen atoms in total. The van der Waals surface area contributed by atoms with Crippen LogP contribution in [0.25, 0.3) is 0 Å². The van der Waals surface area contributed by atoms with Crippen LogP contribution in [-0.2, 0) is 16.1 Å². The second-order valence-corrected chi connectivity index (χ2v) is 8.10. The molecule has 1 aliphatic heterocycles. The van der Waals surface area contributed by atoms with Crippen molar-refractivity contribution in [1.82, 2.24) is 10.2 Å². The van der Waals surface area contributed by atoms with Crippen LogP contribution in [-0.4, -0.2) is 35.1 Å². The van der Waals surface area contributed by atoms with Gasteiger partial charge in [0, 0.05) is 11.6 Å². The maximum absolute atomic E-state index is 13.8. The Kier molecular flexibility index (Phi) is 5.60. The minimum Gasteiger partial charge on any atom is -0.467 e. The molecule has 2 amide bonds. The Morgan fingerprint density at radius 2 is 2.03 bits per heavy atom. The first-order chi connectivity index (χ1) is 14.4. The van der Waals surface area contributed by atoms with Gasteiger partial charge >= 0.3 is 0 Å². The van der Waals surface area contributed by atoms with E-state index in [2.05, 4.69) is 12.2 Å². The van der Waals surface area contributed by atoms with Gasteiger partial charge in [-0.25, -0.2) is 8.78 Å². The SMILES string of the molecule is C[C@@H]1CCC[C@@]2(C1)OC[C@@H](C(=O)NCc1ccco1)N2C(=O)c1cc(F)cc(F)c1. The number of nitrogens with one attached hydrogen (secondary N) is 1. The molecule has 1 saturated heterocycles. The van der Waals surface area contributed by atoms with E-state index in [1.807, 2.05) is 0 Å². The zero-order valence-corrected chi connectivity index (χ0v) is 16.7. The summed E-state index contributed by atoms with van der Waals surface area (Å²) in [5.74, 6) is -1.83. The number of hydrogen-bond donors (Lipinski definition) is 1. The van der Waals surface area contributed by atoms with Crippen molar-refractivity contribution in [2.24, 2.45) is 5.92 Å². The molecule has 2 aromatic rings. The fourth-order valence-corrected chi connectivity index (χ4v) is 4.53. The highest BCUT2D eigenvalue weighted by Crippen LogP contribution is 2.43. The Morgan fingerprint density at radius 1 is 1.27 bits per heavy atom. The number of furan rings is 1. The Labute approximate surface area is 173 Å². The topological polar surface area (TPSA) is 71.8 Å². The maximum atomic E-state index is 13.8.